The molecule has 0 aliphatic rings. The maximum absolute atomic E-state index is 10.8. The Morgan fingerprint density at radius 3 is 2.52 bits per heavy atom. The number of fused-ring (bicyclic) bond motifs is 7. The Morgan fingerprint density at radius 2 is 1.65 bits per heavy atom. The fourth-order valence-corrected chi connectivity index (χ4v) is 4.57. The van der Waals surface area contributed by atoms with Gasteiger partial charge in [-0.05, 0) is 27.6 Å². The van der Waals surface area contributed by atoms with Crippen molar-refractivity contribution in [1.82, 2.24) is 9.97 Å². The lowest BCUT2D eigenvalue weighted by Gasteiger charge is -2.08. The number of hydrogen-bond donors (Lipinski definition) is 2. The summed E-state index contributed by atoms with van der Waals surface area (Å²) in [5.41, 5.74) is 4.35. The Bertz CT molecular complexity index is 1650. The summed E-state index contributed by atoms with van der Waals surface area (Å²) < 4.78 is 0. The Labute approximate surface area is 181 Å². The Morgan fingerprint density at radius 1 is 0.839 bits per heavy atom. The van der Waals surface area contributed by atoms with Crippen molar-refractivity contribution in [2.24, 2.45) is 0 Å². The van der Waals surface area contributed by atoms with Gasteiger partial charge in [0.2, 0.25) is 0 Å². The number of aromatic amines is 1. The molecule has 1 heterocycles. The number of nitrogens with one attached hydrogen (secondary N) is 1. The Hall–Kier alpha value is -3.72. The van der Waals surface area contributed by atoms with Gasteiger partial charge in [-0.15, -0.1) is 0 Å². The Kier molecular flexibility index (Phi) is 3.87. The molecular weight excluding hydrogens is 378 g/mol. The van der Waals surface area contributed by atoms with Crippen LogP contribution in [0.4, 0.5) is 0 Å². The molecular formula is C26H17B2N2O. The molecule has 0 amide bonds. The van der Waals surface area contributed by atoms with Gasteiger partial charge in [0.1, 0.15) is 26.7 Å². The van der Waals surface area contributed by atoms with Gasteiger partial charge in [-0.2, -0.15) is 0 Å². The molecule has 0 saturated carbocycles. The molecule has 0 atom stereocenters. The molecule has 143 valence electrons. The molecule has 5 heteroatoms. The van der Waals surface area contributed by atoms with Crippen molar-refractivity contribution in [3.63, 3.8) is 0 Å². The fourth-order valence-electron chi connectivity index (χ4n) is 4.57. The molecule has 0 aliphatic heterocycles. The average Bonchev–Trinajstić information content (AvgIpc) is 3.24. The minimum absolute atomic E-state index is 0.202. The van der Waals surface area contributed by atoms with Crippen molar-refractivity contribution in [3.8, 4) is 17.1 Å². The van der Waals surface area contributed by atoms with Crippen molar-refractivity contribution in [3.05, 3.63) is 72.8 Å². The highest BCUT2D eigenvalue weighted by atomic mass is 16.3. The lowest BCUT2D eigenvalue weighted by molar-refractivity contribution is 0.477. The van der Waals surface area contributed by atoms with Gasteiger partial charge in [-0.25, -0.2) is 4.98 Å². The molecule has 1 aromatic heterocycles. The van der Waals surface area contributed by atoms with Crippen LogP contribution >= 0.6 is 0 Å². The quantitative estimate of drug-likeness (QED) is 0.334. The summed E-state index contributed by atoms with van der Waals surface area (Å²) in [6, 6.07) is 24.1. The van der Waals surface area contributed by atoms with Crippen LogP contribution in [-0.4, -0.2) is 30.2 Å². The van der Waals surface area contributed by atoms with E-state index in [0.717, 1.165) is 48.8 Å². The zero-order chi connectivity index (χ0) is 21.1. The standard InChI is InChI=1S/C26H17B2N2O/c1-28-16-8-10-19-18-9-7-15(27)12-20(18)24-25(21(19)13-16)30-26(29-24)23-17-5-3-2-4-14(17)6-11-22(23)31/h2-13,31H,1H3,(H,29,30). The second-order valence-corrected chi connectivity index (χ2v) is 7.89. The van der Waals surface area contributed by atoms with Gasteiger partial charge in [0, 0.05) is 10.8 Å². The van der Waals surface area contributed by atoms with Crippen molar-refractivity contribution < 1.29 is 5.11 Å². The second-order valence-electron chi connectivity index (χ2n) is 7.89. The van der Waals surface area contributed by atoms with Gasteiger partial charge in [0.05, 0.1) is 16.6 Å². The van der Waals surface area contributed by atoms with Crippen molar-refractivity contribution >= 4 is 69.4 Å². The van der Waals surface area contributed by atoms with Crippen LogP contribution in [0.25, 0.3) is 54.7 Å². The van der Waals surface area contributed by atoms with E-state index in [-0.39, 0.29) is 5.75 Å². The van der Waals surface area contributed by atoms with Gasteiger partial charge in [0.15, 0.2) is 0 Å². The van der Waals surface area contributed by atoms with Crippen molar-refractivity contribution in [2.45, 2.75) is 6.82 Å². The first-order valence-electron chi connectivity index (χ1n) is 10.3. The third-order valence-electron chi connectivity index (χ3n) is 6.08. The predicted octanol–water partition coefficient (Wildman–Crippen LogP) is 4.57. The van der Waals surface area contributed by atoms with E-state index in [4.69, 9.17) is 12.8 Å². The predicted molar refractivity (Wildman–Crippen MR) is 132 cm³/mol. The number of aromatic nitrogens is 2. The number of benzene rings is 5. The number of hydrogen-bond acceptors (Lipinski definition) is 2. The van der Waals surface area contributed by atoms with Crippen molar-refractivity contribution in [2.75, 3.05) is 0 Å². The van der Waals surface area contributed by atoms with Crippen LogP contribution in [0.2, 0.25) is 6.82 Å². The van der Waals surface area contributed by atoms with Gasteiger partial charge in [-0.1, -0.05) is 84.5 Å². The third-order valence-corrected chi connectivity index (χ3v) is 6.08. The number of nitrogens with zero attached hydrogens (tertiary/aromatic N) is 1. The number of imidazole rings is 1. The molecule has 0 bridgehead atoms. The van der Waals surface area contributed by atoms with Crippen LogP contribution in [-0.2, 0) is 0 Å². The van der Waals surface area contributed by atoms with E-state index in [1.165, 1.54) is 0 Å². The first kappa shape index (κ1) is 18.1. The molecule has 2 N–H and O–H groups in total. The molecule has 5 aromatic carbocycles. The van der Waals surface area contributed by atoms with Crippen LogP contribution in [0.5, 0.6) is 5.75 Å². The summed E-state index contributed by atoms with van der Waals surface area (Å²) in [7, 11) is 8.23. The maximum Gasteiger partial charge on any atom is 0.148 e. The lowest BCUT2D eigenvalue weighted by atomic mass is 9.72. The summed E-state index contributed by atoms with van der Waals surface area (Å²) in [5.74, 6) is 0.847. The van der Waals surface area contributed by atoms with Crippen LogP contribution < -0.4 is 10.9 Å². The topological polar surface area (TPSA) is 48.9 Å². The van der Waals surface area contributed by atoms with E-state index < -0.39 is 0 Å². The maximum atomic E-state index is 10.8. The molecule has 3 nitrogen and oxygen atoms in total. The highest BCUT2D eigenvalue weighted by Gasteiger charge is 2.18. The summed E-state index contributed by atoms with van der Waals surface area (Å²) in [6.45, 7) is 2.03. The third kappa shape index (κ3) is 2.66. The molecule has 0 spiro atoms. The first-order valence-corrected chi connectivity index (χ1v) is 10.3. The van der Waals surface area contributed by atoms with E-state index in [9.17, 15) is 5.11 Å². The number of phenolic OH excluding ortho intramolecular Hbond substituents is 1. The minimum Gasteiger partial charge on any atom is -0.507 e. The monoisotopic (exact) mass is 395 g/mol. The van der Waals surface area contributed by atoms with Gasteiger partial charge < -0.3 is 10.1 Å². The largest absolute Gasteiger partial charge is 0.507 e. The van der Waals surface area contributed by atoms with Gasteiger partial charge in [0.25, 0.3) is 0 Å². The molecule has 3 radical (unpaired) electrons. The zero-order valence-corrected chi connectivity index (χ0v) is 17.0. The second kappa shape index (κ2) is 6.64. The van der Waals surface area contributed by atoms with E-state index >= 15 is 0 Å². The van der Waals surface area contributed by atoms with Gasteiger partial charge in [-0.3, -0.25) is 0 Å². The SMILES string of the molecule is [B]c1ccc2c3ccc([B]C)cc3c3[nH]c(-c4c(O)ccc5ccccc45)nc3c2c1. The van der Waals surface area contributed by atoms with E-state index in [2.05, 4.69) is 36.5 Å². The molecule has 6 aromatic rings. The van der Waals surface area contributed by atoms with E-state index in [1.54, 1.807) is 6.07 Å². The van der Waals surface area contributed by atoms with Crippen LogP contribution in [0.15, 0.2) is 72.8 Å². The number of phenols is 1. The van der Waals surface area contributed by atoms with E-state index in [0.29, 0.717) is 16.9 Å². The number of aromatic hydroxyl groups is 1. The summed E-state index contributed by atoms with van der Waals surface area (Å²) in [6.07, 6.45) is 0. The van der Waals surface area contributed by atoms with Crippen LogP contribution in [0.1, 0.15) is 0 Å². The minimum atomic E-state index is 0.202. The first-order chi connectivity index (χ1) is 15.1. The summed E-state index contributed by atoms with van der Waals surface area (Å²) >= 11 is 0. The zero-order valence-electron chi connectivity index (χ0n) is 17.0. The highest BCUT2D eigenvalue weighted by molar-refractivity contribution is 6.52. The van der Waals surface area contributed by atoms with Crippen LogP contribution in [0.3, 0.4) is 0 Å². The normalized spacial score (nSPS) is 11.6. The molecule has 6 rings (SSSR count). The Balaban J connectivity index is 1.79. The molecule has 31 heavy (non-hydrogen) atoms. The number of rotatable bonds is 2. The van der Waals surface area contributed by atoms with E-state index in [1.807, 2.05) is 49.3 Å². The smallest absolute Gasteiger partial charge is 0.148 e. The average molecular weight is 395 g/mol. The highest BCUT2D eigenvalue weighted by Crippen LogP contribution is 2.39. The number of H-pyrrole nitrogens is 1. The molecule has 0 unspecified atom stereocenters. The molecule has 0 fully saturated rings. The molecule has 0 aliphatic carbocycles. The molecule has 0 saturated heterocycles. The van der Waals surface area contributed by atoms with Crippen molar-refractivity contribution in [1.29, 1.82) is 0 Å². The van der Waals surface area contributed by atoms with Gasteiger partial charge >= 0.3 is 0 Å². The lowest BCUT2D eigenvalue weighted by Crippen LogP contribution is -2.09. The van der Waals surface area contributed by atoms with Crippen LogP contribution in [0, 0.1) is 0 Å². The fraction of sp³-hybridized carbons (Fsp3) is 0.0385. The summed E-state index contributed by atoms with van der Waals surface area (Å²) in [5, 5.41) is 17.1. The summed E-state index contributed by atoms with van der Waals surface area (Å²) in [4.78, 5) is 8.51.